The van der Waals surface area contributed by atoms with Crippen LogP contribution in [0.2, 0.25) is 0 Å². The third-order valence-corrected chi connectivity index (χ3v) is 6.27. The Morgan fingerprint density at radius 3 is 2.91 bits per heavy atom. The summed E-state index contributed by atoms with van der Waals surface area (Å²) in [7, 11) is 0. The molecule has 0 unspecified atom stereocenters. The third-order valence-electron chi connectivity index (χ3n) is 5.25. The van der Waals surface area contributed by atoms with Crippen molar-refractivity contribution in [3.05, 3.63) is 21.9 Å². The van der Waals surface area contributed by atoms with Crippen molar-refractivity contribution < 1.29 is 9.53 Å². The number of thiophene rings is 1. The summed E-state index contributed by atoms with van der Waals surface area (Å²) >= 11 is 1.80. The van der Waals surface area contributed by atoms with E-state index in [9.17, 15) is 4.79 Å². The molecule has 0 spiro atoms. The van der Waals surface area contributed by atoms with Gasteiger partial charge in [0.1, 0.15) is 0 Å². The summed E-state index contributed by atoms with van der Waals surface area (Å²) in [6.45, 7) is 10.2. The highest BCUT2D eigenvalue weighted by Gasteiger charge is 2.32. The van der Waals surface area contributed by atoms with Gasteiger partial charge in [-0.1, -0.05) is 6.92 Å². The zero-order valence-corrected chi connectivity index (χ0v) is 15.0. The lowest BCUT2D eigenvalue weighted by Crippen LogP contribution is -2.58. The number of carbonyl (C=O) groups excluding carboxylic acids is 1. The maximum absolute atomic E-state index is 12.6. The fourth-order valence-corrected chi connectivity index (χ4v) is 4.25. The van der Waals surface area contributed by atoms with E-state index in [2.05, 4.69) is 35.5 Å². The van der Waals surface area contributed by atoms with Crippen LogP contribution in [0.3, 0.4) is 0 Å². The zero-order valence-electron chi connectivity index (χ0n) is 14.1. The molecule has 3 rings (SSSR count). The molecule has 1 atom stereocenters. The van der Waals surface area contributed by atoms with E-state index in [1.807, 2.05) is 4.90 Å². The summed E-state index contributed by atoms with van der Waals surface area (Å²) in [4.78, 5) is 18.4. The smallest absolute Gasteiger partial charge is 0.317 e. The summed E-state index contributed by atoms with van der Waals surface area (Å²) in [6.07, 6.45) is 2.00. The van der Waals surface area contributed by atoms with Gasteiger partial charge in [0.25, 0.3) is 0 Å². The molecule has 1 N–H and O–H groups in total. The molecule has 0 saturated carbocycles. The van der Waals surface area contributed by atoms with E-state index in [1.54, 1.807) is 11.3 Å². The molecule has 6 heteroatoms. The molecule has 3 heterocycles. The van der Waals surface area contributed by atoms with E-state index in [0.29, 0.717) is 6.54 Å². The third kappa shape index (κ3) is 3.70. The molecular weight excluding hydrogens is 310 g/mol. The number of nitrogens with one attached hydrogen (secondary N) is 1. The van der Waals surface area contributed by atoms with Gasteiger partial charge in [0.2, 0.25) is 0 Å². The van der Waals surface area contributed by atoms with Crippen molar-refractivity contribution in [2.24, 2.45) is 0 Å². The summed E-state index contributed by atoms with van der Waals surface area (Å²) in [5.74, 6) is 0. The van der Waals surface area contributed by atoms with E-state index >= 15 is 0 Å². The number of morpholine rings is 1. The predicted molar refractivity (Wildman–Crippen MR) is 92.9 cm³/mol. The number of ether oxygens (including phenoxy) is 1. The van der Waals surface area contributed by atoms with E-state index < -0.39 is 0 Å². The average Bonchev–Trinajstić information content (AvgIpc) is 3.07. The Morgan fingerprint density at radius 1 is 1.39 bits per heavy atom. The highest BCUT2D eigenvalue weighted by Crippen LogP contribution is 2.24. The van der Waals surface area contributed by atoms with Crippen LogP contribution in [-0.4, -0.2) is 60.8 Å². The molecule has 2 aliphatic heterocycles. The molecule has 1 fully saturated rings. The van der Waals surface area contributed by atoms with Crippen LogP contribution in [0.25, 0.3) is 0 Å². The van der Waals surface area contributed by atoms with Gasteiger partial charge in [-0.25, -0.2) is 4.79 Å². The number of amides is 2. The minimum atomic E-state index is 0.00275. The highest BCUT2D eigenvalue weighted by molar-refractivity contribution is 7.10. The van der Waals surface area contributed by atoms with Crippen LogP contribution in [0.5, 0.6) is 0 Å². The maximum Gasteiger partial charge on any atom is 0.317 e. The summed E-state index contributed by atoms with van der Waals surface area (Å²) in [6, 6.07) is 2.21. The normalized spacial score (nSPS) is 21.6. The number of hydrogen-bond donors (Lipinski definition) is 1. The molecule has 0 radical (unpaired) electrons. The van der Waals surface area contributed by atoms with Crippen molar-refractivity contribution in [1.82, 2.24) is 15.1 Å². The predicted octanol–water partition coefficient (Wildman–Crippen LogP) is 2.32. The number of urea groups is 1. The minimum Gasteiger partial charge on any atom is -0.379 e. The number of hydrogen-bond acceptors (Lipinski definition) is 4. The summed E-state index contributed by atoms with van der Waals surface area (Å²) in [5, 5.41) is 5.30. The van der Waals surface area contributed by atoms with E-state index in [0.717, 1.165) is 52.2 Å². The second kappa shape index (κ2) is 7.20. The van der Waals surface area contributed by atoms with Gasteiger partial charge in [-0.15, -0.1) is 11.3 Å². The van der Waals surface area contributed by atoms with Gasteiger partial charge >= 0.3 is 6.03 Å². The number of rotatable bonds is 4. The van der Waals surface area contributed by atoms with Crippen molar-refractivity contribution in [1.29, 1.82) is 0 Å². The van der Waals surface area contributed by atoms with Gasteiger partial charge in [-0.3, -0.25) is 4.90 Å². The van der Waals surface area contributed by atoms with E-state index in [-0.39, 0.29) is 11.6 Å². The Morgan fingerprint density at radius 2 is 2.17 bits per heavy atom. The Kier molecular flexibility index (Phi) is 5.24. The molecule has 1 aromatic rings. The van der Waals surface area contributed by atoms with E-state index in [4.69, 9.17) is 4.74 Å². The van der Waals surface area contributed by atoms with Crippen molar-refractivity contribution in [2.45, 2.75) is 38.8 Å². The van der Waals surface area contributed by atoms with Gasteiger partial charge in [0.15, 0.2) is 0 Å². The van der Waals surface area contributed by atoms with Crippen molar-refractivity contribution in [3.8, 4) is 0 Å². The first-order valence-corrected chi connectivity index (χ1v) is 9.41. The molecule has 5 nitrogen and oxygen atoms in total. The molecule has 128 valence electrons. The lowest BCUT2D eigenvalue weighted by atomic mass is 9.95. The van der Waals surface area contributed by atoms with Crippen LogP contribution in [0.1, 0.15) is 30.7 Å². The lowest BCUT2D eigenvalue weighted by molar-refractivity contribution is -0.0168. The van der Waals surface area contributed by atoms with Crippen LogP contribution >= 0.6 is 11.3 Å². The maximum atomic E-state index is 12.6. The topological polar surface area (TPSA) is 44.8 Å². The number of carbonyl (C=O) groups is 1. The first kappa shape index (κ1) is 16.7. The summed E-state index contributed by atoms with van der Waals surface area (Å²) < 4.78 is 5.45. The molecule has 0 aromatic carbocycles. The van der Waals surface area contributed by atoms with Crippen molar-refractivity contribution in [3.63, 3.8) is 0 Å². The van der Waals surface area contributed by atoms with Crippen LogP contribution in [0, 0.1) is 0 Å². The SMILES string of the molecule is CC[C@@](C)(CNC(=O)N1CCc2sccc2C1)N1CCOCC1. The Labute approximate surface area is 142 Å². The molecule has 0 bridgehead atoms. The molecule has 2 aliphatic rings. The summed E-state index contributed by atoms with van der Waals surface area (Å²) in [5.41, 5.74) is 1.31. The van der Waals surface area contributed by atoms with Crippen molar-refractivity contribution >= 4 is 17.4 Å². The minimum absolute atomic E-state index is 0.00275. The van der Waals surface area contributed by atoms with Gasteiger partial charge in [0.05, 0.1) is 13.2 Å². The van der Waals surface area contributed by atoms with Gasteiger partial charge in [0, 0.05) is 43.1 Å². The van der Waals surface area contributed by atoms with Gasteiger partial charge in [-0.05, 0) is 36.8 Å². The zero-order chi connectivity index (χ0) is 16.3. The van der Waals surface area contributed by atoms with Crippen LogP contribution in [0.15, 0.2) is 11.4 Å². The monoisotopic (exact) mass is 337 g/mol. The van der Waals surface area contributed by atoms with Crippen LogP contribution in [0.4, 0.5) is 4.79 Å². The van der Waals surface area contributed by atoms with Gasteiger partial charge < -0.3 is 15.0 Å². The van der Waals surface area contributed by atoms with E-state index in [1.165, 1.54) is 10.4 Å². The molecule has 1 aromatic heterocycles. The lowest BCUT2D eigenvalue weighted by Gasteiger charge is -2.43. The number of fused-ring (bicyclic) bond motifs is 1. The molecule has 23 heavy (non-hydrogen) atoms. The molecule has 1 saturated heterocycles. The molecule has 0 aliphatic carbocycles. The first-order valence-electron chi connectivity index (χ1n) is 8.53. The van der Waals surface area contributed by atoms with Crippen LogP contribution in [-0.2, 0) is 17.7 Å². The second-order valence-corrected chi connectivity index (χ2v) is 7.65. The largest absolute Gasteiger partial charge is 0.379 e. The van der Waals surface area contributed by atoms with Crippen LogP contribution < -0.4 is 5.32 Å². The number of nitrogens with zero attached hydrogens (tertiary/aromatic N) is 2. The fourth-order valence-electron chi connectivity index (χ4n) is 3.36. The molecule has 2 amide bonds. The average molecular weight is 337 g/mol. The molecular formula is C17H27N3O2S. The Balaban J connectivity index is 1.55. The standard InChI is InChI=1S/C17H27N3O2S/c1-3-17(2,20-7-9-22-10-8-20)13-18-16(21)19-6-4-15-14(12-19)5-11-23-15/h5,11H,3-4,6-10,12-13H2,1-2H3,(H,18,21)/t17-/m0/s1. The van der Waals surface area contributed by atoms with Gasteiger partial charge in [-0.2, -0.15) is 0 Å². The Hall–Kier alpha value is -1.11. The fraction of sp³-hybridized carbons (Fsp3) is 0.706. The highest BCUT2D eigenvalue weighted by atomic mass is 32.1. The first-order chi connectivity index (χ1) is 11.1. The quantitative estimate of drug-likeness (QED) is 0.917. The Bertz CT molecular complexity index is 542. The van der Waals surface area contributed by atoms with Crippen molar-refractivity contribution in [2.75, 3.05) is 39.4 Å². The second-order valence-electron chi connectivity index (χ2n) is 6.65.